The van der Waals surface area contributed by atoms with Gasteiger partial charge in [0.15, 0.2) is 0 Å². The highest BCUT2D eigenvalue weighted by molar-refractivity contribution is 9.10. The number of rotatable bonds is 5. The van der Waals surface area contributed by atoms with Crippen molar-refractivity contribution in [2.75, 3.05) is 12.8 Å². The van der Waals surface area contributed by atoms with Crippen LogP contribution in [0.4, 0.5) is 0 Å². The van der Waals surface area contributed by atoms with Crippen molar-refractivity contribution in [1.29, 1.82) is 0 Å². The van der Waals surface area contributed by atoms with Gasteiger partial charge in [-0.3, -0.25) is 0 Å². The molecule has 0 aliphatic heterocycles. The lowest BCUT2D eigenvalue weighted by Gasteiger charge is -2.13. The zero-order chi connectivity index (χ0) is 12.1. The van der Waals surface area contributed by atoms with E-state index in [0.717, 1.165) is 16.0 Å². The molecule has 90 valence electrons. The van der Waals surface area contributed by atoms with Gasteiger partial charge >= 0.3 is 0 Å². The Morgan fingerprint density at radius 1 is 1.29 bits per heavy atom. The molecule has 0 saturated carbocycles. The average Bonchev–Trinajstić information content (AvgIpc) is 2.78. The van der Waals surface area contributed by atoms with Crippen molar-refractivity contribution in [3.05, 3.63) is 52.9 Å². The maximum atomic E-state index is 5.48. The van der Waals surface area contributed by atoms with Crippen LogP contribution in [0.1, 0.15) is 11.8 Å². The first-order chi connectivity index (χ1) is 8.31. The van der Waals surface area contributed by atoms with Crippen LogP contribution in [-0.2, 0) is 0 Å². The van der Waals surface area contributed by atoms with Crippen molar-refractivity contribution in [3.8, 4) is 0 Å². The molecule has 1 aromatic heterocycles. The molecular formula is C13H14BrNOS. The molecule has 0 fully saturated rings. The van der Waals surface area contributed by atoms with E-state index in [4.69, 9.17) is 4.42 Å². The minimum Gasteiger partial charge on any atom is -0.466 e. The second-order valence-corrected chi connectivity index (χ2v) is 5.55. The van der Waals surface area contributed by atoms with Crippen LogP contribution < -0.4 is 5.32 Å². The third kappa shape index (κ3) is 3.37. The highest BCUT2D eigenvalue weighted by atomic mass is 79.9. The highest BCUT2D eigenvalue weighted by Crippen LogP contribution is 2.29. The molecule has 2 nitrogen and oxygen atoms in total. The normalized spacial score (nSPS) is 12.6. The maximum absolute atomic E-state index is 5.48. The van der Waals surface area contributed by atoms with Gasteiger partial charge in [0.1, 0.15) is 5.76 Å². The molecule has 0 radical (unpaired) electrons. The molecule has 1 unspecified atom stereocenters. The van der Waals surface area contributed by atoms with E-state index in [9.17, 15) is 0 Å². The fourth-order valence-electron chi connectivity index (χ4n) is 1.54. The van der Waals surface area contributed by atoms with Crippen molar-refractivity contribution in [2.45, 2.75) is 10.9 Å². The van der Waals surface area contributed by atoms with Crippen molar-refractivity contribution in [1.82, 2.24) is 5.32 Å². The lowest BCUT2D eigenvalue weighted by Crippen LogP contribution is -2.18. The summed E-state index contributed by atoms with van der Waals surface area (Å²) in [4.78, 5) is 1.27. The quantitative estimate of drug-likeness (QED) is 0.842. The number of hydrogen-bond donors (Lipinski definition) is 1. The van der Waals surface area contributed by atoms with E-state index in [-0.39, 0.29) is 6.04 Å². The maximum Gasteiger partial charge on any atom is 0.135 e. The van der Waals surface area contributed by atoms with Crippen LogP contribution in [0.2, 0.25) is 0 Å². The minimum absolute atomic E-state index is 0.213. The Kier molecular flexibility index (Phi) is 4.71. The van der Waals surface area contributed by atoms with Gasteiger partial charge in [-0.15, -0.1) is 11.8 Å². The molecule has 0 aliphatic carbocycles. The summed E-state index contributed by atoms with van der Waals surface area (Å²) in [6.07, 6.45) is 1.71. The third-order valence-corrected chi connectivity index (χ3v) is 4.23. The van der Waals surface area contributed by atoms with E-state index in [1.54, 1.807) is 6.26 Å². The van der Waals surface area contributed by atoms with Crippen molar-refractivity contribution in [2.24, 2.45) is 0 Å². The SMILES string of the molecule is CNC(CSc1ccccc1)c1occc1Br. The molecule has 1 atom stereocenters. The second kappa shape index (κ2) is 6.28. The first kappa shape index (κ1) is 12.7. The van der Waals surface area contributed by atoms with Gasteiger partial charge in [0.05, 0.1) is 16.8 Å². The van der Waals surface area contributed by atoms with Gasteiger partial charge in [0, 0.05) is 10.6 Å². The van der Waals surface area contributed by atoms with Crippen molar-refractivity contribution >= 4 is 27.7 Å². The second-order valence-electron chi connectivity index (χ2n) is 3.60. The van der Waals surface area contributed by atoms with Crippen molar-refractivity contribution in [3.63, 3.8) is 0 Å². The molecule has 0 amide bonds. The predicted octanol–water partition coefficient (Wildman–Crippen LogP) is 4.09. The summed E-state index contributed by atoms with van der Waals surface area (Å²) in [5.74, 6) is 1.89. The van der Waals surface area contributed by atoms with Crippen molar-refractivity contribution < 1.29 is 4.42 Å². The molecule has 17 heavy (non-hydrogen) atoms. The molecule has 1 heterocycles. The van der Waals surface area contributed by atoms with Crippen LogP contribution in [0.25, 0.3) is 0 Å². The summed E-state index contributed by atoms with van der Waals surface area (Å²) in [6.45, 7) is 0. The van der Waals surface area contributed by atoms with Gasteiger partial charge in [-0.1, -0.05) is 18.2 Å². The monoisotopic (exact) mass is 311 g/mol. The predicted molar refractivity (Wildman–Crippen MR) is 75.4 cm³/mol. The van der Waals surface area contributed by atoms with Gasteiger partial charge < -0.3 is 9.73 Å². The molecule has 2 aromatic rings. The Bertz CT molecular complexity index is 457. The summed E-state index contributed by atoms with van der Waals surface area (Å²) >= 11 is 5.31. The van der Waals surface area contributed by atoms with Crippen LogP contribution in [0.3, 0.4) is 0 Å². The Morgan fingerprint density at radius 3 is 2.65 bits per heavy atom. The first-order valence-corrected chi connectivity index (χ1v) is 7.17. The molecule has 0 spiro atoms. The number of furan rings is 1. The van der Waals surface area contributed by atoms with Crippen LogP contribution >= 0.6 is 27.7 Å². The molecule has 0 bridgehead atoms. The minimum atomic E-state index is 0.213. The molecule has 4 heteroatoms. The third-order valence-electron chi connectivity index (χ3n) is 2.47. The lowest BCUT2D eigenvalue weighted by atomic mass is 10.2. The fourth-order valence-corrected chi connectivity index (χ4v) is 3.04. The summed E-state index contributed by atoms with van der Waals surface area (Å²) in [5, 5.41) is 3.27. The number of benzene rings is 1. The van der Waals surface area contributed by atoms with Gasteiger partial charge in [0.25, 0.3) is 0 Å². The van der Waals surface area contributed by atoms with E-state index < -0.39 is 0 Å². The van der Waals surface area contributed by atoms with Gasteiger partial charge in [-0.05, 0) is 41.2 Å². The lowest BCUT2D eigenvalue weighted by molar-refractivity contribution is 0.450. The largest absolute Gasteiger partial charge is 0.466 e. The van der Waals surface area contributed by atoms with E-state index in [1.807, 2.05) is 30.9 Å². The van der Waals surface area contributed by atoms with Crippen LogP contribution in [0, 0.1) is 0 Å². The van der Waals surface area contributed by atoms with Crippen LogP contribution in [0.5, 0.6) is 0 Å². The van der Waals surface area contributed by atoms with E-state index in [0.29, 0.717) is 0 Å². The zero-order valence-electron chi connectivity index (χ0n) is 9.52. The van der Waals surface area contributed by atoms with Gasteiger partial charge in [-0.2, -0.15) is 0 Å². The Balaban J connectivity index is 2.00. The number of halogens is 1. The number of nitrogens with one attached hydrogen (secondary N) is 1. The number of hydrogen-bond acceptors (Lipinski definition) is 3. The molecule has 0 aliphatic rings. The summed E-state index contributed by atoms with van der Waals surface area (Å²) in [5.41, 5.74) is 0. The Labute approximate surface area is 114 Å². The molecular weight excluding hydrogens is 298 g/mol. The highest BCUT2D eigenvalue weighted by Gasteiger charge is 2.16. The fraction of sp³-hybridized carbons (Fsp3) is 0.231. The standard InChI is InChI=1S/C13H14BrNOS/c1-15-12(13-11(14)7-8-16-13)9-17-10-5-3-2-4-6-10/h2-8,12,15H,9H2,1H3. The molecule has 1 aromatic carbocycles. The Hall–Kier alpha value is -0.710. The first-order valence-electron chi connectivity index (χ1n) is 5.39. The molecule has 1 N–H and O–H groups in total. The molecule has 2 rings (SSSR count). The number of thioether (sulfide) groups is 1. The summed E-state index contributed by atoms with van der Waals surface area (Å²) in [7, 11) is 1.95. The summed E-state index contributed by atoms with van der Waals surface area (Å²) in [6, 6.07) is 12.5. The average molecular weight is 312 g/mol. The Morgan fingerprint density at radius 2 is 2.06 bits per heavy atom. The summed E-state index contributed by atoms with van der Waals surface area (Å²) < 4.78 is 6.50. The molecule has 0 saturated heterocycles. The topological polar surface area (TPSA) is 25.2 Å². The van der Waals surface area contributed by atoms with E-state index in [2.05, 4.69) is 45.5 Å². The van der Waals surface area contributed by atoms with Crippen LogP contribution in [-0.4, -0.2) is 12.8 Å². The smallest absolute Gasteiger partial charge is 0.135 e. The van der Waals surface area contributed by atoms with Gasteiger partial charge in [-0.25, -0.2) is 0 Å². The van der Waals surface area contributed by atoms with Crippen LogP contribution in [0.15, 0.2) is 56.4 Å². The van der Waals surface area contributed by atoms with Gasteiger partial charge in [0.2, 0.25) is 0 Å². The zero-order valence-corrected chi connectivity index (χ0v) is 11.9. The van der Waals surface area contributed by atoms with E-state index >= 15 is 0 Å². The van der Waals surface area contributed by atoms with E-state index in [1.165, 1.54) is 4.90 Å².